The largest absolute Gasteiger partial charge is 0.505 e. The summed E-state index contributed by atoms with van der Waals surface area (Å²) in [4.78, 5) is 40.9. The Balaban J connectivity index is 1.44. The molecule has 0 bridgehead atoms. The van der Waals surface area contributed by atoms with E-state index >= 15 is 0 Å². The van der Waals surface area contributed by atoms with Crippen LogP contribution in [-0.4, -0.2) is 74.7 Å². The molecule has 11 heteroatoms. The van der Waals surface area contributed by atoms with Crippen molar-refractivity contribution in [3.63, 3.8) is 0 Å². The van der Waals surface area contributed by atoms with Gasteiger partial charge in [0.05, 0.1) is 18.3 Å². The number of nitrogens with one attached hydrogen (secondary N) is 1. The zero-order valence-electron chi connectivity index (χ0n) is 18.3. The number of aliphatic hydroxyl groups is 1. The fourth-order valence-corrected chi connectivity index (χ4v) is 3.72. The van der Waals surface area contributed by atoms with Gasteiger partial charge in [0.1, 0.15) is 17.6 Å². The average molecular weight is 461 g/mol. The molecule has 4 heterocycles. The van der Waals surface area contributed by atoms with Gasteiger partial charge in [0.15, 0.2) is 11.4 Å². The Morgan fingerprint density at radius 1 is 1.09 bits per heavy atom. The van der Waals surface area contributed by atoms with Crippen molar-refractivity contribution < 1.29 is 19.8 Å². The number of amides is 2. The van der Waals surface area contributed by atoms with E-state index in [1.54, 1.807) is 29.2 Å². The second-order valence-corrected chi connectivity index (χ2v) is 7.75. The second kappa shape index (κ2) is 10.1. The second-order valence-electron chi connectivity index (χ2n) is 7.75. The van der Waals surface area contributed by atoms with Crippen LogP contribution in [0.4, 0.5) is 5.82 Å². The molecule has 3 aromatic rings. The molecule has 0 aromatic carbocycles. The van der Waals surface area contributed by atoms with E-state index in [1.165, 1.54) is 12.4 Å². The molecule has 4 rings (SSSR count). The molecule has 3 aromatic heterocycles. The van der Waals surface area contributed by atoms with Crippen LogP contribution < -0.4 is 10.2 Å². The molecule has 2 amide bonds. The fraction of sp³-hybridized carbons (Fsp3) is 0.304. The van der Waals surface area contributed by atoms with E-state index in [2.05, 4.69) is 20.3 Å². The number of fused-ring (bicyclic) bond motifs is 1. The van der Waals surface area contributed by atoms with Crippen molar-refractivity contribution >= 4 is 28.5 Å². The van der Waals surface area contributed by atoms with Gasteiger partial charge >= 0.3 is 0 Å². The molecule has 0 aliphatic carbocycles. The molecule has 1 fully saturated rings. The van der Waals surface area contributed by atoms with Crippen LogP contribution in [0, 0.1) is 11.3 Å². The van der Waals surface area contributed by atoms with E-state index in [9.17, 15) is 14.7 Å². The first-order valence-electron chi connectivity index (χ1n) is 10.8. The number of piperazine rings is 1. The van der Waals surface area contributed by atoms with E-state index in [0.29, 0.717) is 48.5 Å². The number of aliphatic hydroxyl groups excluding tert-OH is 1. The van der Waals surface area contributed by atoms with Crippen LogP contribution in [0.1, 0.15) is 28.2 Å². The monoisotopic (exact) mass is 461 g/mol. The first kappa shape index (κ1) is 22.9. The summed E-state index contributed by atoms with van der Waals surface area (Å²) >= 11 is 0. The number of hydrogen-bond acceptors (Lipinski definition) is 9. The van der Waals surface area contributed by atoms with E-state index in [-0.39, 0.29) is 42.6 Å². The van der Waals surface area contributed by atoms with Gasteiger partial charge < -0.3 is 25.3 Å². The highest BCUT2D eigenvalue weighted by molar-refractivity contribution is 6.00. The van der Waals surface area contributed by atoms with Crippen molar-refractivity contribution in [1.29, 1.82) is 5.26 Å². The number of pyridine rings is 3. The van der Waals surface area contributed by atoms with Gasteiger partial charge in [0, 0.05) is 50.7 Å². The third kappa shape index (κ3) is 4.87. The molecule has 0 radical (unpaired) electrons. The van der Waals surface area contributed by atoms with Gasteiger partial charge in [0.2, 0.25) is 5.91 Å². The highest BCUT2D eigenvalue weighted by Crippen LogP contribution is 2.28. The molecular weight excluding hydrogens is 438 g/mol. The molecule has 11 nitrogen and oxygen atoms in total. The SMILES string of the molecule is N#Cc1ccc(CNC(=O)c2ncc3nc(N4CCN(C(=O)CCO)CC4)ccc3c2O)cn1. The molecule has 34 heavy (non-hydrogen) atoms. The molecule has 0 spiro atoms. The number of rotatable bonds is 6. The van der Waals surface area contributed by atoms with Crippen molar-refractivity contribution in [3.8, 4) is 11.8 Å². The summed E-state index contributed by atoms with van der Waals surface area (Å²) in [7, 11) is 0. The summed E-state index contributed by atoms with van der Waals surface area (Å²) in [5.74, 6) is -0.180. The Hall–Kier alpha value is -4.30. The average Bonchev–Trinajstić information content (AvgIpc) is 2.88. The Bertz CT molecular complexity index is 1250. The molecular formula is C23H23N7O4. The van der Waals surface area contributed by atoms with Crippen LogP contribution in [0.5, 0.6) is 5.75 Å². The van der Waals surface area contributed by atoms with E-state index in [0.717, 1.165) is 0 Å². The van der Waals surface area contributed by atoms with Gasteiger partial charge in [0.25, 0.3) is 5.91 Å². The summed E-state index contributed by atoms with van der Waals surface area (Å²) in [6.07, 6.45) is 3.07. The lowest BCUT2D eigenvalue weighted by molar-refractivity contribution is -0.132. The van der Waals surface area contributed by atoms with Crippen molar-refractivity contribution in [3.05, 3.63) is 53.6 Å². The van der Waals surface area contributed by atoms with Gasteiger partial charge in [-0.2, -0.15) is 5.26 Å². The number of nitrogens with zero attached hydrogens (tertiary/aromatic N) is 6. The molecule has 1 saturated heterocycles. The third-order valence-corrected chi connectivity index (χ3v) is 5.59. The quantitative estimate of drug-likeness (QED) is 0.477. The number of nitriles is 1. The topological polar surface area (TPSA) is 156 Å². The van der Waals surface area contributed by atoms with Crippen LogP contribution in [0.3, 0.4) is 0 Å². The maximum atomic E-state index is 12.6. The zero-order valence-corrected chi connectivity index (χ0v) is 18.3. The summed E-state index contributed by atoms with van der Waals surface area (Å²) in [5, 5.41) is 31.5. The third-order valence-electron chi connectivity index (χ3n) is 5.59. The van der Waals surface area contributed by atoms with Crippen LogP contribution >= 0.6 is 0 Å². The predicted molar refractivity (Wildman–Crippen MR) is 122 cm³/mol. The molecule has 1 aliphatic rings. The molecule has 1 aliphatic heterocycles. The lowest BCUT2D eigenvalue weighted by Crippen LogP contribution is -2.49. The fourth-order valence-electron chi connectivity index (χ4n) is 3.72. The van der Waals surface area contributed by atoms with Crippen molar-refractivity contribution in [2.75, 3.05) is 37.7 Å². The number of aromatic hydroxyl groups is 1. The Kier molecular flexibility index (Phi) is 6.79. The number of carbonyl (C=O) groups excluding carboxylic acids is 2. The van der Waals surface area contributed by atoms with Crippen LogP contribution in [-0.2, 0) is 11.3 Å². The maximum Gasteiger partial charge on any atom is 0.274 e. The van der Waals surface area contributed by atoms with E-state index < -0.39 is 5.91 Å². The number of hydrogen-bond donors (Lipinski definition) is 3. The van der Waals surface area contributed by atoms with E-state index in [1.807, 2.05) is 11.0 Å². The minimum Gasteiger partial charge on any atom is -0.505 e. The summed E-state index contributed by atoms with van der Waals surface area (Å²) in [6.45, 7) is 2.28. The van der Waals surface area contributed by atoms with Gasteiger partial charge in [-0.05, 0) is 23.8 Å². The van der Waals surface area contributed by atoms with Gasteiger partial charge in [-0.25, -0.2) is 15.0 Å². The van der Waals surface area contributed by atoms with Crippen molar-refractivity contribution in [2.24, 2.45) is 0 Å². The first-order chi connectivity index (χ1) is 16.5. The summed E-state index contributed by atoms with van der Waals surface area (Å²) < 4.78 is 0. The standard InChI is InChI=1S/C23H23N7O4/c24-11-16-2-1-15(12-25-16)13-27-23(34)21-22(33)17-3-4-19(28-18(17)14-26-21)29-6-8-30(9-7-29)20(32)5-10-31/h1-4,12,14,31,33H,5-10,13H2,(H,27,34). The van der Waals surface area contributed by atoms with Gasteiger partial charge in [-0.15, -0.1) is 0 Å². The van der Waals surface area contributed by atoms with Crippen LogP contribution in [0.2, 0.25) is 0 Å². The van der Waals surface area contributed by atoms with Crippen molar-refractivity contribution in [1.82, 2.24) is 25.2 Å². The maximum absolute atomic E-state index is 12.6. The first-order valence-corrected chi connectivity index (χ1v) is 10.8. The molecule has 3 N–H and O–H groups in total. The lowest BCUT2D eigenvalue weighted by Gasteiger charge is -2.35. The van der Waals surface area contributed by atoms with Crippen LogP contribution in [0.25, 0.3) is 10.9 Å². The highest BCUT2D eigenvalue weighted by Gasteiger charge is 2.22. The highest BCUT2D eigenvalue weighted by atomic mass is 16.3. The minimum atomic E-state index is -0.545. The van der Waals surface area contributed by atoms with Crippen LogP contribution in [0.15, 0.2) is 36.7 Å². The van der Waals surface area contributed by atoms with E-state index in [4.69, 9.17) is 10.4 Å². The minimum absolute atomic E-state index is 0.0657. The molecule has 174 valence electrons. The Morgan fingerprint density at radius 2 is 1.88 bits per heavy atom. The Morgan fingerprint density at radius 3 is 2.56 bits per heavy atom. The van der Waals surface area contributed by atoms with Gasteiger partial charge in [-0.1, -0.05) is 6.07 Å². The van der Waals surface area contributed by atoms with Gasteiger partial charge in [-0.3, -0.25) is 9.59 Å². The summed E-state index contributed by atoms with van der Waals surface area (Å²) in [5.41, 5.74) is 1.33. The summed E-state index contributed by atoms with van der Waals surface area (Å²) in [6, 6.07) is 8.63. The lowest BCUT2D eigenvalue weighted by atomic mass is 10.2. The Labute approximate surface area is 195 Å². The number of anilines is 1. The molecule has 0 saturated carbocycles. The number of carbonyl (C=O) groups is 2. The zero-order chi connectivity index (χ0) is 24.1. The smallest absolute Gasteiger partial charge is 0.274 e. The number of aromatic nitrogens is 3. The molecule has 0 unspecified atom stereocenters. The van der Waals surface area contributed by atoms with Crippen molar-refractivity contribution in [2.45, 2.75) is 13.0 Å². The molecule has 0 atom stereocenters. The predicted octanol–water partition coefficient (Wildman–Crippen LogP) is 0.563. The normalized spacial score (nSPS) is 13.5.